The molecule has 0 bridgehead atoms. The molecule has 0 radical (unpaired) electrons. The molecule has 0 aromatic heterocycles. The van der Waals surface area contributed by atoms with Gasteiger partial charge in [-0.3, -0.25) is 9.59 Å². The van der Waals surface area contributed by atoms with Crippen molar-refractivity contribution in [3.8, 4) is 5.75 Å². The molecule has 4 nitrogen and oxygen atoms in total. The van der Waals surface area contributed by atoms with E-state index < -0.39 is 5.91 Å². The Morgan fingerprint density at radius 1 is 1.14 bits per heavy atom. The van der Waals surface area contributed by atoms with E-state index in [4.69, 9.17) is 39.5 Å². The van der Waals surface area contributed by atoms with Crippen molar-refractivity contribution in [1.82, 2.24) is 0 Å². The maximum atomic E-state index is 11.9. The minimum Gasteiger partial charge on any atom is -0.481 e. The van der Waals surface area contributed by atoms with Gasteiger partial charge in [0.1, 0.15) is 5.75 Å². The van der Waals surface area contributed by atoms with Crippen LogP contribution in [0.25, 0.3) is 0 Å². The Balaban J connectivity index is 2.06. The van der Waals surface area contributed by atoms with Crippen molar-refractivity contribution in [2.24, 2.45) is 0 Å². The van der Waals surface area contributed by atoms with Gasteiger partial charge in [0, 0.05) is 5.02 Å². The second kappa shape index (κ2) is 7.49. The van der Waals surface area contributed by atoms with E-state index in [-0.39, 0.29) is 22.9 Å². The Kier molecular flexibility index (Phi) is 5.66. The summed E-state index contributed by atoms with van der Waals surface area (Å²) in [4.78, 5) is 22.9. The molecule has 0 spiro atoms. The fourth-order valence-corrected chi connectivity index (χ4v) is 2.45. The standard InChI is InChI=1S/C15H10Cl3NO3/c16-10-5-9(7-20)15(12(18)6-10)22-8-14(21)19-13-4-2-1-3-11(13)17/h1-7H,8H2,(H,19,21). The molecule has 114 valence electrons. The zero-order valence-corrected chi connectivity index (χ0v) is 13.4. The smallest absolute Gasteiger partial charge is 0.262 e. The summed E-state index contributed by atoms with van der Waals surface area (Å²) in [6.45, 7) is -0.326. The number of hydrogen-bond acceptors (Lipinski definition) is 3. The Labute approximate surface area is 141 Å². The predicted octanol–water partition coefficient (Wildman–Crippen LogP) is 4.48. The van der Waals surface area contributed by atoms with E-state index >= 15 is 0 Å². The van der Waals surface area contributed by atoms with Gasteiger partial charge in [0.2, 0.25) is 0 Å². The molecule has 0 heterocycles. The maximum Gasteiger partial charge on any atom is 0.262 e. The molecule has 0 aliphatic heterocycles. The van der Waals surface area contributed by atoms with Crippen molar-refractivity contribution in [2.75, 3.05) is 11.9 Å². The van der Waals surface area contributed by atoms with Crippen LogP contribution in [0.4, 0.5) is 5.69 Å². The fourth-order valence-electron chi connectivity index (χ4n) is 1.71. The van der Waals surface area contributed by atoms with Gasteiger partial charge in [0.05, 0.1) is 21.3 Å². The van der Waals surface area contributed by atoms with Gasteiger partial charge in [0.15, 0.2) is 12.9 Å². The highest BCUT2D eigenvalue weighted by atomic mass is 35.5. The lowest BCUT2D eigenvalue weighted by Gasteiger charge is -2.11. The lowest BCUT2D eigenvalue weighted by molar-refractivity contribution is -0.118. The van der Waals surface area contributed by atoms with Crippen LogP contribution in [0.5, 0.6) is 5.75 Å². The molecular weight excluding hydrogens is 349 g/mol. The average molecular weight is 359 g/mol. The Bertz CT molecular complexity index is 719. The third-order valence-electron chi connectivity index (χ3n) is 2.66. The number of para-hydroxylation sites is 1. The first kappa shape index (κ1) is 16.6. The van der Waals surface area contributed by atoms with Gasteiger partial charge in [-0.1, -0.05) is 46.9 Å². The third-order valence-corrected chi connectivity index (χ3v) is 3.49. The number of rotatable bonds is 5. The summed E-state index contributed by atoms with van der Waals surface area (Å²) in [6.07, 6.45) is 0.555. The normalized spacial score (nSPS) is 10.1. The summed E-state index contributed by atoms with van der Waals surface area (Å²) < 4.78 is 5.31. The second-order valence-electron chi connectivity index (χ2n) is 4.24. The molecule has 7 heteroatoms. The van der Waals surface area contributed by atoms with Crippen molar-refractivity contribution in [2.45, 2.75) is 0 Å². The third kappa shape index (κ3) is 4.13. The van der Waals surface area contributed by atoms with Gasteiger partial charge in [-0.2, -0.15) is 0 Å². The zero-order chi connectivity index (χ0) is 16.1. The van der Waals surface area contributed by atoms with Crippen LogP contribution in [0.2, 0.25) is 15.1 Å². The first-order valence-electron chi connectivity index (χ1n) is 6.12. The summed E-state index contributed by atoms with van der Waals surface area (Å²) in [5, 5.41) is 3.46. The molecule has 2 aromatic rings. The molecule has 2 rings (SSSR count). The van der Waals surface area contributed by atoms with Gasteiger partial charge in [0.25, 0.3) is 5.91 Å². The van der Waals surface area contributed by atoms with Crippen LogP contribution >= 0.6 is 34.8 Å². The number of nitrogens with one attached hydrogen (secondary N) is 1. The Hall–Kier alpha value is -1.75. The first-order chi connectivity index (χ1) is 10.5. The van der Waals surface area contributed by atoms with E-state index in [1.165, 1.54) is 12.1 Å². The molecule has 1 amide bonds. The van der Waals surface area contributed by atoms with Crippen molar-refractivity contribution < 1.29 is 14.3 Å². The van der Waals surface area contributed by atoms with Crippen LogP contribution in [-0.4, -0.2) is 18.8 Å². The predicted molar refractivity (Wildman–Crippen MR) is 87.4 cm³/mol. The molecular formula is C15H10Cl3NO3. The van der Waals surface area contributed by atoms with Crippen LogP contribution in [0.1, 0.15) is 10.4 Å². The highest BCUT2D eigenvalue weighted by Gasteiger charge is 2.13. The highest BCUT2D eigenvalue weighted by molar-refractivity contribution is 6.36. The van der Waals surface area contributed by atoms with Crippen LogP contribution < -0.4 is 10.1 Å². The molecule has 0 fully saturated rings. The van der Waals surface area contributed by atoms with Crippen LogP contribution in [0.3, 0.4) is 0 Å². The van der Waals surface area contributed by atoms with E-state index in [2.05, 4.69) is 5.32 Å². The Morgan fingerprint density at radius 2 is 1.86 bits per heavy atom. The van der Waals surface area contributed by atoms with Gasteiger partial charge in [-0.15, -0.1) is 0 Å². The first-order valence-corrected chi connectivity index (χ1v) is 7.26. The summed E-state index contributed by atoms with van der Waals surface area (Å²) in [5.41, 5.74) is 0.638. The number of halogens is 3. The molecule has 0 atom stereocenters. The maximum absolute atomic E-state index is 11.9. The molecule has 2 aromatic carbocycles. The molecule has 0 unspecified atom stereocenters. The van der Waals surface area contributed by atoms with Crippen molar-refractivity contribution in [1.29, 1.82) is 0 Å². The summed E-state index contributed by atoms with van der Waals surface area (Å²) in [5.74, 6) is -0.327. The molecule has 0 saturated carbocycles. The number of amides is 1. The number of carbonyl (C=O) groups excluding carboxylic acids is 2. The van der Waals surface area contributed by atoms with Crippen molar-refractivity contribution in [3.05, 3.63) is 57.0 Å². The lowest BCUT2D eigenvalue weighted by Crippen LogP contribution is -2.20. The molecule has 1 N–H and O–H groups in total. The molecule has 0 aliphatic carbocycles. The van der Waals surface area contributed by atoms with E-state index in [1.807, 2.05) is 0 Å². The SMILES string of the molecule is O=Cc1cc(Cl)cc(Cl)c1OCC(=O)Nc1ccccc1Cl. The van der Waals surface area contributed by atoms with Gasteiger partial charge < -0.3 is 10.1 Å². The van der Waals surface area contributed by atoms with Crippen LogP contribution in [0, 0.1) is 0 Å². The average Bonchev–Trinajstić information content (AvgIpc) is 2.48. The topological polar surface area (TPSA) is 55.4 Å². The van der Waals surface area contributed by atoms with Crippen molar-refractivity contribution >= 4 is 52.7 Å². The van der Waals surface area contributed by atoms with Crippen LogP contribution in [0.15, 0.2) is 36.4 Å². The second-order valence-corrected chi connectivity index (χ2v) is 5.49. The largest absolute Gasteiger partial charge is 0.481 e. The Morgan fingerprint density at radius 3 is 2.55 bits per heavy atom. The van der Waals surface area contributed by atoms with E-state index in [1.54, 1.807) is 24.3 Å². The molecule has 22 heavy (non-hydrogen) atoms. The lowest BCUT2D eigenvalue weighted by atomic mass is 10.2. The monoisotopic (exact) mass is 357 g/mol. The highest BCUT2D eigenvalue weighted by Crippen LogP contribution is 2.31. The fraction of sp³-hybridized carbons (Fsp3) is 0.0667. The van der Waals surface area contributed by atoms with Gasteiger partial charge in [-0.05, 0) is 24.3 Å². The minimum absolute atomic E-state index is 0.107. The van der Waals surface area contributed by atoms with Gasteiger partial charge >= 0.3 is 0 Å². The number of benzene rings is 2. The van der Waals surface area contributed by atoms with Gasteiger partial charge in [-0.25, -0.2) is 0 Å². The number of hydrogen-bond donors (Lipinski definition) is 1. The minimum atomic E-state index is -0.434. The van der Waals surface area contributed by atoms with E-state index in [0.717, 1.165) is 0 Å². The quantitative estimate of drug-likeness (QED) is 0.802. The number of anilines is 1. The number of carbonyl (C=O) groups is 2. The van der Waals surface area contributed by atoms with E-state index in [9.17, 15) is 9.59 Å². The number of aldehydes is 1. The molecule has 0 saturated heterocycles. The summed E-state index contributed by atoms with van der Waals surface area (Å²) in [6, 6.07) is 9.63. The number of ether oxygens (including phenoxy) is 1. The summed E-state index contributed by atoms with van der Waals surface area (Å²) >= 11 is 17.7. The summed E-state index contributed by atoms with van der Waals surface area (Å²) in [7, 11) is 0. The van der Waals surface area contributed by atoms with Crippen molar-refractivity contribution in [3.63, 3.8) is 0 Å². The van der Waals surface area contributed by atoms with Crippen LogP contribution in [-0.2, 0) is 4.79 Å². The van der Waals surface area contributed by atoms with E-state index in [0.29, 0.717) is 22.0 Å². The molecule has 0 aliphatic rings. The zero-order valence-electron chi connectivity index (χ0n) is 11.1.